The van der Waals surface area contributed by atoms with Crippen LogP contribution in [0.3, 0.4) is 0 Å². The van der Waals surface area contributed by atoms with E-state index in [1.165, 1.54) is 19.3 Å². The topological polar surface area (TPSA) is 26.3 Å². The largest absolute Gasteiger partial charge is 0.453 e. The molecular formula is C22H22O2. The van der Waals surface area contributed by atoms with Gasteiger partial charge in [0.25, 0.3) is 0 Å². The molecule has 2 heteroatoms. The molecule has 0 spiro atoms. The average molecular weight is 318 g/mol. The van der Waals surface area contributed by atoms with Gasteiger partial charge >= 0.3 is 5.97 Å². The fourth-order valence-corrected chi connectivity index (χ4v) is 4.00. The molecule has 1 heterocycles. The van der Waals surface area contributed by atoms with Crippen LogP contribution >= 0.6 is 0 Å². The third kappa shape index (κ3) is 2.77. The highest BCUT2D eigenvalue weighted by atomic mass is 16.6. The maximum atomic E-state index is 12.4. The van der Waals surface area contributed by atoms with Gasteiger partial charge in [-0.2, -0.15) is 0 Å². The lowest BCUT2D eigenvalue weighted by atomic mass is 9.77. The molecule has 2 aromatic carbocycles. The van der Waals surface area contributed by atoms with Crippen molar-refractivity contribution in [2.75, 3.05) is 0 Å². The van der Waals surface area contributed by atoms with Gasteiger partial charge < -0.3 is 4.74 Å². The minimum absolute atomic E-state index is 0.0341. The van der Waals surface area contributed by atoms with Gasteiger partial charge in [-0.15, -0.1) is 0 Å². The third-order valence-corrected chi connectivity index (χ3v) is 5.21. The van der Waals surface area contributed by atoms with Crippen LogP contribution in [-0.4, -0.2) is 12.1 Å². The van der Waals surface area contributed by atoms with Gasteiger partial charge in [0, 0.05) is 11.5 Å². The first-order valence-electron chi connectivity index (χ1n) is 8.90. The minimum atomic E-state index is -0.145. The van der Waals surface area contributed by atoms with Crippen LogP contribution < -0.4 is 0 Å². The third-order valence-electron chi connectivity index (χ3n) is 5.21. The van der Waals surface area contributed by atoms with Crippen molar-refractivity contribution < 1.29 is 9.53 Å². The lowest BCUT2D eigenvalue weighted by Crippen LogP contribution is -2.43. The highest BCUT2D eigenvalue weighted by Gasteiger charge is 2.44. The van der Waals surface area contributed by atoms with Gasteiger partial charge in [0.15, 0.2) is 0 Å². The molecule has 1 unspecified atom stereocenters. The summed E-state index contributed by atoms with van der Waals surface area (Å²) < 4.78 is 5.62. The average Bonchev–Trinajstić information content (AvgIpc) is 2.66. The monoisotopic (exact) mass is 318 g/mol. The zero-order valence-electron chi connectivity index (χ0n) is 13.8. The van der Waals surface area contributed by atoms with E-state index >= 15 is 0 Å². The molecule has 0 bridgehead atoms. The van der Waals surface area contributed by atoms with Gasteiger partial charge in [-0.1, -0.05) is 79.9 Å². The van der Waals surface area contributed by atoms with Gasteiger partial charge in [-0.3, -0.25) is 0 Å². The van der Waals surface area contributed by atoms with E-state index in [4.69, 9.17) is 4.74 Å². The smallest absolute Gasteiger partial charge is 0.339 e. The molecule has 1 aliphatic carbocycles. The van der Waals surface area contributed by atoms with Crippen molar-refractivity contribution in [2.45, 2.75) is 38.2 Å². The number of cyclic esters (lactones) is 1. The molecule has 2 nitrogen and oxygen atoms in total. The fourth-order valence-electron chi connectivity index (χ4n) is 4.00. The molecule has 1 aliphatic heterocycles. The van der Waals surface area contributed by atoms with Gasteiger partial charge in [0.05, 0.1) is 5.57 Å². The quantitative estimate of drug-likeness (QED) is 0.588. The van der Waals surface area contributed by atoms with Crippen LogP contribution in [0.5, 0.6) is 0 Å². The summed E-state index contributed by atoms with van der Waals surface area (Å²) in [6, 6.07) is 20.5. The van der Waals surface area contributed by atoms with E-state index in [0.29, 0.717) is 5.92 Å². The highest BCUT2D eigenvalue weighted by Crippen LogP contribution is 2.42. The van der Waals surface area contributed by atoms with E-state index in [-0.39, 0.29) is 12.1 Å². The molecule has 24 heavy (non-hydrogen) atoms. The number of esters is 1. The van der Waals surface area contributed by atoms with Crippen molar-refractivity contribution in [3.05, 3.63) is 77.4 Å². The fraction of sp³-hybridized carbons (Fsp3) is 0.318. The lowest BCUT2D eigenvalue weighted by molar-refractivity contribution is -0.160. The molecule has 1 saturated heterocycles. The Hall–Kier alpha value is -2.35. The molecule has 0 aromatic heterocycles. The molecule has 2 aromatic rings. The Morgan fingerprint density at radius 3 is 1.83 bits per heavy atom. The summed E-state index contributed by atoms with van der Waals surface area (Å²) in [7, 11) is 0. The zero-order valence-corrected chi connectivity index (χ0v) is 13.8. The van der Waals surface area contributed by atoms with E-state index in [2.05, 4.69) is 24.3 Å². The van der Waals surface area contributed by atoms with Crippen LogP contribution in [-0.2, 0) is 9.53 Å². The molecule has 0 N–H and O–H groups in total. The second kappa shape index (κ2) is 6.64. The molecule has 2 aliphatic rings. The SMILES string of the molecule is O=C1OC(C2CCCCC2)C1=C(c1ccccc1)c1ccccc1. The summed E-state index contributed by atoms with van der Waals surface area (Å²) >= 11 is 0. The van der Waals surface area contributed by atoms with Crippen molar-refractivity contribution in [2.24, 2.45) is 5.92 Å². The molecule has 1 saturated carbocycles. The molecule has 2 fully saturated rings. The zero-order chi connectivity index (χ0) is 16.4. The lowest BCUT2D eigenvalue weighted by Gasteiger charge is -2.39. The van der Waals surface area contributed by atoms with Crippen molar-refractivity contribution >= 4 is 11.5 Å². The van der Waals surface area contributed by atoms with Crippen LogP contribution in [0.25, 0.3) is 5.57 Å². The minimum Gasteiger partial charge on any atom is -0.453 e. The highest BCUT2D eigenvalue weighted by molar-refractivity contribution is 6.06. The Labute approximate surface area is 143 Å². The van der Waals surface area contributed by atoms with Gasteiger partial charge in [-0.25, -0.2) is 4.79 Å². The maximum absolute atomic E-state index is 12.4. The van der Waals surface area contributed by atoms with Crippen LogP contribution in [0.2, 0.25) is 0 Å². The van der Waals surface area contributed by atoms with Gasteiger partial charge in [-0.05, 0) is 24.0 Å². The number of ether oxygens (including phenoxy) is 1. The van der Waals surface area contributed by atoms with Crippen molar-refractivity contribution in [3.8, 4) is 0 Å². The first-order valence-corrected chi connectivity index (χ1v) is 8.90. The summed E-state index contributed by atoms with van der Waals surface area (Å²) in [4.78, 5) is 12.4. The maximum Gasteiger partial charge on any atom is 0.339 e. The predicted octanol–water partition coefficient (Wildman–Crippen LogP) is 4.99. The summed E-state index contributed by atoms with van der Waals surface area (Å²) in [5.41, 5.74) is 4.11. The number of carbonyl (C=O) groups is 1. The number of hydrogen-bond donors (Lipinski definition) is 0. The number of hydrogen-bond acceptors (Lipinski definition) is 2. The first-order chi connectivity index (χ1) is 11.8. The van der Waals surface area contributed by atoms with Crippen LogP contribution in [0.4, 0.5) is 0 Å². The Morgan fingerprint density at radius 1 is 0.792 bits per heavy atom. The summed E-state index contributed by atoms with van der Waals surface area (Å²) in [6.07, 6.45) is 6.10. The van der Waals surface area contributed by atoms with Crippen LogP contribution in [0, 0.1) is 5.92 Å². The Kier molecular flexibility index (Phi) is 4.20. The van der Waals surface area contributed by atoms with Crippen LogP contribution in [0.15, 0.2) is 66.2 Å². The van der Waals surface area contributed by atoms with Crippen molar-refractivity contribution in [3.63, 3.8) is 0 Å². The van der Waals surface area contributed by atoms with E-state index in [1.807, 2.05) is 36.4 Å². The second-order valence-corrected chi connectivity index (χ2v) is 6.74. The molecule has 1 atom stereocenters. The number of rotatable bonds is 3. The van der Waals surface area contributed by atoms with Crippen molar-refractivity contribution in [1.82, 2.24) is 0 Å². The summed E-state index contributed by atoms with van der Waals surface area (Å²) in [5.74, 6) is 0.335. The number of benzene rings is 2. The molecule has 4 rings (SSSR count). The van der Waals surface area contributed by atoms with E-state index in [1.54, 1.807) is 0 Å². The predicted molar refractivity (Wildman–Crippen MR) is 95.4 cm³/mol. The summed E-state index contributed by atoms with van der Waals surface area (Å²) in [5, 5.41) is 0. The van der Waals surface area contributed by atoms with Crippen LogP contribution in [0.1, 0.15) is 43.2 Å². The van der Waals surface area contributed by atoms with E-state index < -0.39 is 0 Å². The Bertz CT molecular complexity index is 699. The molecule has 122 valence electrons. The van der Waals surface area contributed by atoms with Crippen molar-refractivity contribution in [1.29, 1.82) is 0 Å². The Morgan fingerprint density at radius 2 is 1.33 bits per heavy atom. The molecule has 0 amide bonds. The second-order valence-electron chi connectivity index (χ2n) is 6.74. The molecule has 0 radical (unpaired) electrons. The summed E-state index contributed by atoms with van der Waals surface area (Å²) in [6.45, 7) is 0. The standard InChI is InChI=1S/C22H22O2/c23-22-20(21(24-22)18-14-8-3-9-15-18)19(16-10-4-1-5-11-16)17-12-6-2-7-13-17/h1-2,4-7,10-13,18,21H,3,8-9,14-15H2. The normalized spacial score (nSPS) is 21.1. The Balaban J connectivity index is 1.81. The number of carbonyl (C=O) groups excluding carboxylic acids is 1. The first kappa shape index (κ1) is 15.2. The van der Waals surface area contributed by atoms with E-state index in [9.17, 15) is 4.79 Å². The van der Waals surface area contributed by atoms with Gasteiger partial charge in [0.1, 0.15) is 6.10 Å². The molecular weight excluding hydrogens is 296 g/mol. The van der Waals surface area contributed by atoms with E-state index in [0.717, 1.165) is 35.1 Å². The van der Waals surface area contributed by atoms with Gasteiger partial charge in [0.2, 0.25) is 0 Å².